The molecular formula is C33H32Cl3N3O4S. The Balaban J connectivity index is 1.68. The van der Waals surface area contributed by atoms with Gasteiger partial charge in [0.1, 0.15) is 6.04 Å². The summed E-state index contributed by atoms with van der Waals surface area (Å²) in [6, 6.07) is 29.3. The molecular weight excluding hydrogens is 641 g/mol. The highest BCUT2D eigenvalue weighted by Gasteiger charge is 2.33. The molecule has 44 heavy (non-hydrogen) atoms. The lowest BCUT2D eigenvalue weighted by molar-refractivity contribution is -0.141. The molecule has 0 aliphatic rings. The van der Waals surface area contributed by atoms with Gasteiger partial charge in [0.05, 0.1) is 12.8 Å². The van der Waals surface area contributed by atoms with Gasteiger partial charge >= 0.3 is 0 Å². The van der Waals surface area contributed by atoms with Gasteiger partial charge in [0, 0.05) is 41.1 Å². The molecule has 4 rings (SSSR count). The van der Waals surface area contributed by atoms with Crippen molar-refractivity contribution in [2.24, 2.45) is 0 Å². The van der Waals surface area contributed by atoms with E-state index in [1.165, 1.54) is 4.90 Å². The number of nitrogens with one attached hydrogen (secondary N) is 1. The monoisotopic (exact) mass is 671 g/mol. The molecule has 4 aromatic carbocycles. The fraction of sp³-hybridized carbons (Fsp3) is 0.212. The van der Waals surface area contributed by atoms with E-state index in [-0.39, 0.29) is 26.1 Å². The van der Waals surface area contributed by atoms with Gasteiger partial charge in [-0.1, -0.05) is 114 Å². The standard InChI is InChI=1S/C33H32Cl3N3O4S/c1-44(42,43)38(21-25-10-6-3-7-11-25)23-32(40)39(22-26-12-15-28(34)16-13-26)31(18-24-8-4-2-5-9-24)33(41)37-20-27-14-17-29(35)19-30(27)36/h2-17,19,31H,18,20-23H2,1H3,(H,37,41)/t31-/m0/s1. The zero-order chi connectivity index (χ0) is 31.7. The van der Waals surface area contributed by atoms with Crippen molar-refractivity contribution in [1.82, 2.24) is 14.5 Å². The quantitative estimate of drug-likeness (QED) is 0.179. The fourth-order valence-electron chi connectivity index (χ4n) is 4.62. The summed E-state index contributed by atoms with van der Waals surface area (Å²) in [5, 5.41) is 4.31. The number of carbonyl (C=O) groups excluding carboxylic acids is 2. The lowest BCUT2D eigenvalue weighted by Crippen LogP contribution is -2.53. The zero-order valence-electron chi connectivity index (χ0n) is 24.0. The van der Waals surface area contributed by atoms with Crippen LogP contribution in [0.4, 0.5) is 0 Å². The van der Waals surface area contributed by atoms with Gasteiger partial charge in [0.15, 0.2) is 0 Å². The van der Waals surface area contributed by atoms with E-state index in [0.29, 0.717) is 20.6 Å². The highest BCUT2D eigenvalue weighted by molar-refractivity contribution is 7.88. The van der Waals surface area contributed by atoms with Crippen LogP contribution in [0.15, 0.2) is 103 Å². The summed E-state index contributed by atoms with van der Waals surface area (Å²) in [4.78, 5) is 29.5. The minimum absolute atomic E-state index is 0.00477. The topological polar surface area (TPSA) is 86.8 Å². The maximum atomic E-state index is 14.1. The van der Waals surface area contributed by atoms with Crippen molar-refractivity contribution in [3.05, 3.63) is 140 Å². The van der Waals surface area contributed by atoms with Crippen LogP contribution in [-0.4, -0.2) is 48.3 Å². The second kappa shape index (κ2) is 15.5. The largest absolute Gasteiger partial charge is 0.350 e. The second-order valence-corrected chi connectivity index (χ2v) is 13.6. The van der Waals surface area contributed by atoms with Crippen LogP contribution in [-0.2, 0) is 45.7 Å². The number of amides is 2. The van der Waals surface area contributed by atoms with E-state index in [4.69, 9.17) is 34.8 Å². The third-order valence-electron chi connectivity index (χ3n) is 6.99. The molecule has 11 heteroatoms. The molecule has 0 spiro atoms. The van der Waals surface area contributed by atoms with Crippen LogP contribution in [0.25, 0.3) is 0 Å². The molecule has 0 heterocycles. The van der Waals surface area contributed by atoms with E-state index < -0.39 is 34.4 Å². The second-order valence-electron chi connectivity index (χ2n) is 10.3. The highest BCUT2D eigenvalue weighted by atomic mass is 35.5. The Morgan fingerprint density at radius 3 is 1.91 bits per heavy atom. The molecule has 0 saturated carbocycles. The van der Waals surface area contributed by atoms with Crippen molar-refractivity contribution >= 4 is 56.6 Å². The number of hydrogen-bond acceptors (Lipinski definition) is 4. The Morgan fingerprint density at radius 2 is 1.32 bits per heavy atom. The summed E-state index contributed by atoms with van der Waals surface area (Å²) in [5.74, 6) is -0.946. The number of carbonyl (C=O) groups is 2. The van der Waals surface area contributed by atoms with E-state index in [1.807, 2.05) is 36.4 Å². The first-order valence-electron chi connectivity index (χ1n) is 13.8. The predicted molar refractivity (Wildman–Crippen MR) is 176 cm³/mol. The maximum Gasteiger partial charge on any atom is 0.243 e. The third-order valence-corrected chi connectivity index (χ3v) is 9.02. The summed E-state index contributed by atoms with van der Waals surface area (Å²) in [5.41, 5.74) is 2.94. The van der Waals surface area contributed by atoms with E-state index in [2.05, 4.69) is 5.32 Å². The summed E-state index contributed by atoms with van der Waals surface area (Å²) in [7, 11) is -3.79. The van der Waals surface area contributed by atoms with Crippen molar-refractivity contribution in [2.45, 2.75) is 32.1 Å². The smallest absolute Gasteiger partial charge is 0.243 e. The average Bonchev–Trinajstić information content (AvgIpc) is 2.99. The molecule has 0 aromatic heterocycles. The van der Waals surface area contributed by atoms with Crippen molar-refractivity contribution in [1.29, 1.82) is 0 Å². The number of hydrogen-bond donors (Lipinski definition) is 1. The first kappa shape index (κ1) is 33.5. The van der Waals surface area contributed by atoms with Gasteiger partial charge in [-0.05, 0) is 46.5 Å². The minimum atomic E-state index is -3.79. The molecule has 2 amide bonds. The molecule has 0 aliphatic heterocycles. The Bertz CT molecular complexity index is 1670. The van der Waals surface area contributed by atoms with Crippen LogP contribution in [0.1, 0.15) is 22.3 Å². The van der Waals surface area contributed by atoms with Gasteiger partial charge in [-0.2, -0.15) is 4.31 Å². The molecule has 0 saturated heterocycles. The first-order valence-corrected chi connectivity index (χ1v) is 16.8. The highest BCUT2D eigenvalue weighted by Crippen LogP contribution is 2.22. The number of benzene rings is 4. The Morgan fingerprint density at radius 1 is 0.750 bits per heavy atom. The van der Waals surface area contributed by atoms with Crippen LogP contribution < -0.4 is 5.32 Å². The van der Waals surface area contributed by atoms with Crippen molar-refractivity contribution in [3.63, 3.8) is 0 Å². The number of rotatable bonds is 13. The number of sulfonamides is 1. The molecule has 1 N–H and O–H groups in total. The van der Waals surface area contributed by atoms with Crippen LogP contribution in [0, 0.1) is 0 Å². The third kappa shape index (κ3) is 9.81. The van der Waals surface area contributed by atoms with Crippen LogP contribution in [0.2, 0.25) is 15.1 Å². The number of nitrogens with zero attached hydrogens (tertiary/aromatic N) is 2. The molecule has 0 aliphatic carbocycles. The molecule has 0 unspecified atom stereocenters. The SMILES string of the molecule is CS(=O)(=O)N(CC(=O)N(Cc1ccc(Cl)cc1)[C@@H](Cc1ccccc1)C(=O)NCc1ccc(Cl)cc1Cl)Cc1ccccc1. The lowest BCUT2D eigenvalue weighted by atomic mass is 10.0. The zero-order valence-corrected chi connectivity index (χ0v) is 27.1. The van der Waals surface area contributed by atoms with E-state index in [1.54, 1.807) is 66.7 Å². The molecule has 230 valence electrons. The summed E-state index contributed by atoms with van der Waals surface area (Å²) in [6.07, 6.45) is 1.26. The van der Waals surface area contributed by atoms with E-state index in [0.717, 1.165) is 27.3 Å². The van der Waals surface area contributed by atoms with Crippen LogP contribution >= 0.6 is 34.8 Å². The van der Waals surface area contributed by atoms with Gasteiger partial charge in [-0.15, -0.1) is 0 Å². The van der Waals surface area contributed by atoms with Gasteiger partial charge in [-0.25, -0.2) is 8.42 Å². The van der Waals surface area contributed by atoms with Crippen molar-refractivity contribution in [3.8, 4) is 0 Å². The average molecular weight is 673 g/mol. The molecule has 4 aromatic rings. The van der Waals surface area contributed by atoms with Gasteiger partial charge in [0.2, 0.25) is 21.8 Å². The Kier molecular flexibility index (Phi) is 11.8. The van der Waals surface area contributed by atoms with Crippen LogP contribution in [0.3, 0.4) is 0 Å². The molecule has 0 fully saturated rings. The van der Waals surface area contributed by atoms with Crippen molar-refractivity contribution in [2.75, 3.05) is 12.8 Å². The summed E-state index contributed by atoms with van der Waals surface area (Å²) in [6.45, 7) is -0.300. The van der Waals surface area contributed by atoms with Crippen molar-refractivity contribution < 1.29 is 18.0 Å². The number of halogens is 3. The predicted octanol–water partition coefficient (Wildman–Crippen LogP) is 6.36. The normalized spacial score (nSPS) is 12.1. The molecule has 7 nitrogen and oxygen atoms in total. The Labute approximate surface area is 273 Å². The summed E-state index contributed by atoms with van der Waals surface area (Å²) >= 11 is 18.5. The van der Waals surface area contributed by atoms with E-state index in [9.17, 15) is 18.0 Å². The lowest BCUT2D eigenvalue weighted by Gasteiger charge is -2.33. The van der Waals surface area contributed by atoms with E-state index >= 15 is 0 Å². The fourth-order valence-corrected chi connectivity index (χ4v) is 5.95. The van der Waals surface area contributed by atoms with Gasteiger partial charge in [-0.3, -0.25) is 9.59 Å². The molecule has 0 radical (unpaired) electrons. The molecule has 1 atom stereocenters. The minimum Gasteiger partial charge on any atom is -0.350 e. The first-order chi connectivity index (χ1) is 21.0. The van der Waals surface area contributed by atoms with Crippen LogP contribution in [0.5, 0.6) is 0 Å². The van der Waals surface area contributed by atoms with Gasteiger partial charge in [0.25, 0.3) is 0 Å². The molecule has 0 bridgehead atoms. The van der Waals surface area contributed by atoms with Gasteiger partial charge < -0.3 is 10.2 Å². The maximum absolute atomic E-state index is 14.1. The Hall–Kier alpha value is -3.40. The summed E-state index contributed by atoms with van der Waals surface area (Å²) < 4.78 is 26.8.